The fourth-order valence-corrected chi connectivity index (χ4v) is 19.3. The summed E-state index contributed by atoms with van der Waals surface area (Å²) in [5.41, 5.74) is 34.6. The van der Waals surface area contributed by atoms with Crippen LogP contribution in [0.5, 0.6) is 0 Å². The Bertz CT molecular complexity index is 6640. The van der Waals surface area contributed by atoms with E-state index in [9.17, 15) is 0 Å². The van der Waals surface area contributed by atoms with Crippen LogP contribution in [0.4, 0.5) is 0 Å². The van der Waals surface area contributed by atoms with Crippen molar-refractivity contribution in [3.63, 3.8) is 0 Å². The van der Waals surface area contributed by atoms with Gasteiger partial charge in [0, 0.05) is 10.8 Å². The molecule has 0 amide bonds. The fourth-order valence-electron chi connectivity index (χ4n) is 19.3. The van der Waals surface area contributed by atoms with Gasteiger partial charge in [-0.3, -0.25) is 0 Å². The van der Waals surface area contributed by atoms with Crippen LogP contribution in [0.1, 0.15) is 49.9 Å². The molecule has 0 aromatic heterocycles. The van der Waals surface area contributed by atoms with Gasteiger partial charge < -0.3 is 0 Å². The average molecular weight is 1370 g/mol. The van der Waals surface area contributed by atoms with Gasteiger partial charge in [-0.1, -0.05) is 380 Å². The van der Waals surface area contributed by atoms with E-state index in [-0.39, 0.29) is 10.8 Å². The minimum absolute atomic E-state index is 0.293. The van der Waals surface area contributed by atoms with Gasteiger partial charge >= 0.3 is 0 Å². The first kappa shape index (κ1) is 63.2. The normalized spacial score (nSPS) is 13.1. The molecular formula is C108H74. The van der Waals surface area contributed by atoms with Crippen molar-refractivity contribution in [2.75, 3.05) is 0 Å². The Hall–Kier alpha value is -13.3. The van der Waals surface area contributed by atoms with Crippen LogP contribution in [-0.2, 0) is 10.8 Å². The first-order valence-corrected chi connectivity index (χ1v) is 38.0. The van der Waals surface area contributed by atoms with Gasteiger partial charge in [-0.25, -0.2) is 0 Å². The lowest BCUT2D eigenvalue weighted by Gasteiger charge is -2.25. The minimum atomic E-state index is -0.298. The molecule has 0 heteroatoms. The smallest absolute Gasteiger partial charge is 0.0159 e. The highest BCUT2D eigenvalue weighted by molar-refractivity contribution is 6.33. The lowest BCUT2D eigenvalue weighted by Crippen LogP contribution is -2.15. The number of fused-ring (bicyclic) bond motifs is 12. The molecule has 0 heterocycles. The Morgan fingerprint density at radius 3 is 0.648 bits per heavy atom. The van der Waals surface area contributed by atoms with Crippen molar-refractivity contribution >= 4 is 64.6 Å². The van der Waals surface area contributed by atoms with E-state index in [1.54, 1.807) is 0 Å². The molecule has 0 atom stereocenters. The predicted molar refractivity (Wildman–Crippen MR) is 461 cm³/mol. The molecule has 0 bridgehead atoms. The van der Waals surface area contributed by atoms with E-state index in [4.69, 9.17) is 0 Å². The minimum Gasteiger partial charge on any atom is -0.0622 e. The molecule has 0 nitrogen and oxygen atoms in total. The van der Waals surface area contributed by atoms with Gasteiger partial charge in [-0.15, -0.1) is 0 Å². The highest BCUT2D eigenvalue weighted by Gasteiger charge is 2.39. The zero-order valence-electron chi connectivity index (χ0n) is 60.8. The maximum Gasteiger partial charge on any atom is 0.0159 e. The second-order valence-corrected chi connectivity index (χ2v) is 30.7. The van der Waals surface area contributed by atoms with E-state index in [1.807, 2.05) is 0 Å². The number of benzene rings is 19. The largest absolute Gasteiger partial charge is 0.0622 e. The van der Waals surface area contributed by atoms with E-state index in [0.717, 1.165) is 0 Å². The molecule has 0 N–H and O–H groups in total. The maximum absolute atomic E-state index is 2.54. The predicted octanol–water partition coefficient (Wildman–Crippen LogP) is 29.9. The molecule has 506 valence electrons. The summed E-state index contributed by atoms with van der Waals surface area (Å²) in [6.07, 6.45) is 0. The number of hydrogen-bond donors (Lipinski definition) is 0. The van der Waals surface area contributed by atoms with Crippen LogP contribution in [0.25, 0.3) is 198 Å². The summed E-state index contributed by atoms with van der Waals surface area (Å²) in [7, 11) is 0. The second-order valence-electron chi connectivity index (χ2n) is 30.7. The molecule has 21 rings (SSSR count). The van der Waals surface area contributed by atoms with Crippen molar-refractivity contribution in [2.45, 2.75) is 38.5 Å². The van der Waals surface area contributed by atoms with Crippen molar-refractivity contribution in [1.82, 2.24) is 0 Å². The summed E-state index contributed by atoms with van der Waals surface area (Å²) >= 11 is 0. The average Bonchev–Trinajstić information content (AvgIpc) is 0.974. The molecule has 0 saturated carbocycles. The maximum atomic E-state index is 2.54. The van der Waals surface area contributed by atoms with Crippen molar-refractivity contribution in [3.05, 3.63) is 398 Å². The Labute approximate surface area is 630 Å². The first-order chi connectivity index (χ1) is 53.2. The van der Waals surface area contributed by atoms with Gasteiger partial charge in [0.05, 0.1) is 0 Å². The van der Waals surface area contributed by atoms with Gasteiger partial charge in [0.15, 0.2) is 0 Å². The molecule has 19 aromatic rings. The van der Waals surface area contributed by atoms with Crippen LogP contribution in [0.2, 0.25) is 0 Å². The van der Waals surface area contributed by atoms with E-state index in [2.05, 4.69) is 404 Å². The van der Waals surface area contributed by atoms with Crippen LogP contribution < -0.4 is 0 Å². The van der Waals surface area contributed by atoms with Gasteiger partial charge in [0.1, 0.15) is 0 Å². The summed E-state index contributed by atoms with van der Waals surface area (Å²) < 4.78 is 0. The summed E-state index contributed by atoms with van der Waals surface area (Å²) in [5.74, 6) is 0. The lowest BCUT2D eigenvalue weighted by atomic mass is 9.77. The Morgan fingerprint density at radius 2 is 0.352 bits per heavy atom. The molecule has 0 unspecified atom stereocenters. The highest BCUT2D eigenvalue weighted by atomic mass is 14.4. The Kier molecular flexibility index (Phi) is 14.5. The fraction of sp³-hybridized carbons (Fsp3) is 0.0556. The standard InChI is InChI=1S/C108H74/c1-107(2)93-63-73(74-56-60-82-84-62-58-76(66-96(84)108(3,4)94(82)64-74)98-89-51-27-47-77(67-31-11-5-12-32-67)101(89)99(71-39-19-9-20-40-71)102-78(48-28-52-90(98)102)68-33-13-6-14-34-68)55-59-81(93)83-61-57-75(65-95(83)107)97-85-43-23-25-45-87(85)105(88-46-26-24-44-86(88)97)106-91-53-29-49-79(69-35-15-7-16-36-69)103(91)100(72-41-21-10-22-42-72)104-80(50-30-54-92(104)106)70-37-17-8-18-38-70/h5-66H,1-4H3. The van der Waals surface area contributed by atoms with Crippen LogP contribution in [0.3, 0.4) is 0 Å². The van der Waals surface area contributed by atoms with Crippen molar-refractivity contribution in [1.29, 1.82) is 0 Å². The Balaban J connectivity index is 0.682. The molecule has 2 aliphatic carbocycles. The van der Waals surface area contributed by atoms with E-state index < -0.39 is 0 Å². The van der Waals surface area contributed by atoms with Gasteiger partial charge in [-0.05, 0) is 245 Å². The van der Waals surface area contributed by atoms with Crippen molar-refractivity contribution < 1.29 is 0 Å². The zero-order valence-corrected chi connectivity index (χ0v) is 60.8. The zero-order chi connectivity index (χ0) is 71.9. The SMILES string of the molecule is CC1(C)c2cc(-c3ccc4c(c3)C(C)(C)c3cc(-c5c6cccc(-c7ccccc7)c6c(-c6ccccc6)c6c(-c7ccccc7)cccc56)ccc3-4)ccc2-c2ccc(-c3c4ccccc4c(-c4c5cccc(-c6ccccc6)c5c(-c5ccccc5)c5c(-c6ccccc6)cccc45)c4ccccc34)cc21. The van der Waals surface area contributed by atoms with Crippen LogP contribution in [0.15, 0.2) is 376 Å². The lowest BCUT2D eigenvalue weighted by molar-refractivity contribution is 0.660. The monoisotopic (exact) mass is 1370 g/mol. The Morgan fingerprint density at radius 1 is 0.139 bits per heavy atom. The van der Waals surface area contributed by atoms with E-state index in [0.29, 0.717) is 0 Å². The van der Waals surface area contributed by atoms with Crippen LogP contribution >= 0.6 is 0 Å². The molecule has 108 heavy (non-hydrogen) atoms. The quantitative estimate of drug-likeness (QED) is 0.120. The van der Waals surface area contributed by atoms with Crippen molar-refractivity contribution in [2.24, 2.45) is 0 Å². The van der Waals surface area contributed by atoms with Gasteiger partial charge in [0.2, 0.25) is 0 Å². The molecule has 0 aliphatic heterocycles. The molecule has 19 aromatic carbocycles. The van der Waals surface area contributed by atoms with E-state index >= 15 is 0 Å². The molecule has 0 radical (unpaired) electrons. The van der Waals surface area contributed by atoms with E-state index in [1.165, 1.54) is 220 Å². The van der Waals surface area contributed by atoms with Gasteiger partial charge in [-0.2, -0.15) is 0 Å². The molecule has 2 aliphatic rings. The third-order valence-corrected chi connectivity index (χ3v) is 24.2. The van der Waals surface area contributed by atoms with Gasteiger partial charge in [0.25, 0.3) is 0 Å². The third kappa shape index (κ3) is 9.63. The second kappa shape index (κ2) is 24.7. The molecule has 0 saturated heterocycles. The summed E-state index contributed by atoms with van der Waals surface area (Å²) in [6.45, 7) is 9.77. The molecule has 0 spiro atoms. The third-order valence-electron chi connectivity index (χ3n) is 24.2. The van der Waals surface area contributed by atoms with Crippen LogP contribution in [-0.4, -0.2) is 0 Å². The number of hydrogen-bond acceptors (Lipinski definition) is 0. The highest BCUT2D eigenvalue weighted by Crippen LogP contribution is 2.58. The molecule has 0 fully saturated rings. The van der Waals surface area contributed by atoms with Crippen LogP contribution in [0, 0.1) is 0 Å². The first-order valence-electron chi connectivity index (χ1n) is 38.0. The summed E-state index contributed by atoms with van der Waals surface area (Å²) in [6, 6.07) is 142. The summed E-state index contributed by atoms with van der Waals surface area (Å²) in [4.78, 5) is 0. The summed E-state index contributed by atoms with van der Waals surface area (Å²) in [5, 5.41) is 14.9. The van der Waals surface area contributed by atoms with Crippen molar-refractivity contribution in [3.8, 4) is 134 Å². The number of rotatable bonds is 10. The molecular weight excluding hydrogens is 1300 g/mol. The topological polar surface area (TPSA) is 0 Å².